The number of carbonyl (C=O) groups is 3. The van der Waals surface area contributed by atoms with Crippen LogP contribution in [0.15, 0.2) is 36.4 Å². The van der Waals surface area contributed by atoms with Gasteiger partial charge in [-0.05, 0) is 47.5 Å². The van der Waals surface area contributed by atoms with Gasteiger partial charge in [0.1, 0.15) is 24.7 Å². The smallest absolute Gasteiger partial charge is 0.194 e. The lowest BCUT2D eigenvalue weighted by molar-refractivity contribution is -0.308. The third kappa shape index (κ3) is 2.91. The number of hydrogen-bond acceptors (Lipinski definition) is 7. The van der Waals surface area contributed by atoms with E-state index in [2.05, 4.69) is 0 Å². The maximum absolute atomic E-state index is 12.5. The fourth-order valence-corrected chi connectivity index (χ4v) is 2.50. The van der Waals surface area contributed by atoms with Crippen LogP contribution in [0.25, 0.3) is 11.1 Å². The van der Waals surface area contributed by atoms with Crippen LogP contribution in [0.5, 0.6) is 11.5 Å². The molecule has 0 unspecified atom stereocenters. The monoisotopic (exact) mass is 326 g/mol. The van der Waals surface area contributed by atoms with E-state index in [1.54, 1.807) is 24.3 Å². The summed E-state index contributed by atoms with van der Waals surface area (Å²) in [6.07, 6.45) is 0. The van der Waals surface area contributed by atoms with Crippen molar-refractivity contribution in [2.75, 3.05) is 13.2 Å². The van der Waals surface area contributed by atoms with Gasteiger partial charge in [0.25, 0.3) is 0 Å². The van der Waals surface area contributed by atoms with Crippen molar-refractivity contribution in [1.29, 1.82) is 0 Å². The quantitative estimate of drug-likeness (QED) is 0.579. The molecule has 0 saturated carbocycles. The lowest BCUT2D eigenvalue weighted by atomic mass is 10.1. The second-order valence-corrected chi connectivity index (χ2v) is 5.07. The van der Waals surface area contributed by atoms with Gasteiger partial charge in [0.05, 0.1) is 11.9 Å². The zero-order valence-electron chi connectivity index (χ0n) is 12.2. The number of carboxylic acids is 2. The molecule has 122 valence electrons. The number of hydrogen-bond donors (Lipinski definition) is 0. The van der Waals surface area contributed by atoms with Crippen molar-refractivity contribution in [3.05, 3.63) is 47.5 Å². The summed E-state index contributed by atoms with van der Waals surface area (Å²) in [5, 5.41) is 20.9. The van der Waals surface area contributed by atoms with E-state index in [9.17, 15) is 24.6 Å². The van der Waals surface area contributed by atoms with Crippen molar-refractivity contribution in [3.63, 3.8) is 0 Å². The molecule has 0 aliphatic heterocycles. The number of ether oxygens (including phenoxy) is 2. The highest BCUT2D eigenvalue weighted by Crippen LogP contribution is 2.39. The van der Waals surface area contributed by atoms with Gasteiger partial charge in [0.2, 0.25) is 0 Å². The largest absolute Gasteiger partial charge is 0.546 e. The zero-order chi connectivity index (χ0) is 17.3. The molecule has 0 radical (unpaired) electrons. The van der Waals surface area contributed by atoms with Crippen LogP contribution >= 0.6 is 0 Å². The first-order chi connectivity index (χ1) is 11.5. The molecule has 0 bridgehead atoms. The minimum atomic E-state index is -1.36. The normalized spacial score (nSPS) is 11.6. The van der Waals surface area contributed by atoms with Crippen LogP contribution in [0.4, 0.5) is 0 Å². The Bertz CT molecular complexity index is 785. The predicted octanol–water partition coefficient (Wildman–Crippen LogP) is -0.845. The average molecular weight is 326 g/mol. The molecule has 7 heteroatoms. The molecule has 0 spiro atoms. The second-order valence-electron chi connectivity index (χ2n) is 5.07. The number of aliphatic carboxylic acids is 2. The van der Waals surface area contributed by atoms with E-state index in [0.717, 1.165) is 0 Å². The Balaban J connectivity index is 1.89. The second kappa shape index (κ2) is 6.04. The highest BCUT2D eigenvalue weighted by Gasteiger charge is 2.27. The topological polar surface area (TPSA) is 116 Å². The summed E-state index contributed by atoms with van der Waals surface area (Å²) < 4.78 is 10.0. The van der Waals surface area contributed by atoms with Crippen LogP contribution in [0.2, 0.25) is 0 Å². The van der Waals surface area contributed by atoms with Gasteiger partial charge >= 0.3 is 0 Å². The summed E-state index contributed by atoms with van der Waals surface area (Å²) >= 11 is 0. The first-order valence-corrected chi connectivity index (χ1v) is 6.94. The molecule has 0 amide bonds. The van der Waals surface area contributed by atoms with Crippen molar-refractivity contribution in [2.24, 2.45) is 0 Å². The molecule has 0 heterocycles. The Kier molecular flexibility index (Phi) is 3.91. The molecule has 2 aromatic rings. The van der Waals surface area contributed by atoms with E-state index in [4.69, 9.17) is 9.47 Å². The average Bonchev–Trinajstić information content (AvgIpc) is 2.83. The Labute approximate surface area is 136 Å². The third-order valence-corrected chi connectivity index (χ3v) is 3.47. The van der Waals surface area contributed by atoms with E-state index in [1.165, 1.54) is 12.1 Å². The molecule has 1 aliphatic rings. The minimum absolute atomic E-state index is 0.243. The summed E-state index contributed by atoms with van der Waals surface area (Å²) in [4.78, 5) is 33.4. The van der Waals surface area contributed by atoms with Gasteiger partial charge in [-0.25, -0.2) is 0 Å². The van der Waals surface area contributed by atoms with Gasteiger partial charge in [-0.3, -0.25) is 4.79 Å². The molecule has 0 atom stereocenters. The van der Waals surface area contributed by atoms with Gasteiger partial charge < -0.3 is 29.3 Å². The van der Waals surface area contributed by atoms with Gasteiger partial charge in [-0.15, -0.1) is 0 Å². The van der Waals surface area contributed by atoms with Gasteiger partial charge in [-0.1, -0.05) is 0 Å². The first kappa shape index (κ1) is 15.5. The summed E-state index contributed by atoms with van der Waals surface area (Å²) in [7, 11) is 0. The Morgan fingerprint density at radius 3 is 1.54 bits per heavy atom. The van der Waals surface area contributed by atoms with Crippen molar-refractivity contribution in [1.82, 2.24) is 0 Å². The van der Waals surface area contributed by atoms with Crippen LogP contribution in [-0.4, -0.2) is 30.9 Å². The van der Waals surface area contributed by atoms with Gasteiger partial charge in [0, 0.05) is 11.1 Å². The van der Waals surface area contributed by atoms with Crippen molar-refractivity contribution in [3.8, 4) is 22.6 Å². The highest BCUT2D eigenvalue weighted by molar-refractivity contribution is 6.22. The van der Waals surface area contributed by atoms with Crippen LogP contribution < -0.4 is 19.7 Å². The van der Waals surface area contributed by atoms with Crippen LogP contribution in [0.3, 0.4) is 0 Å². The number of carboxylic acid groups (broad SMARTS) is 2. The molecule has 24 heavy (non-hydrogen) atoms. The maximum Gasteiger partial charge on any atom is 0.194 e. The number of fused-ring (bicyclic) bond motifs is 3. The Morgan fingerprint density at radius 1 is 0.750 bits per heavy atom. The molecule has 2 aromatic carbocycles. The molecule has 3 rings (SSSR count). The van der Waals surface area contributed by atoms with Gasteiger partial charge in [-0.2, -0.15) is 0 Å². The summed E-state index contributed by atoms with van der Waals surface area (Å²) in [5.41, 5.74) is 2.11. The van der Waals surface area contributed by atoms with Crippen LogP contribution in [-0.2, 0) is 9.59 Å². The van der Waals surface area contributed by atoms with E-state index in [-0.39, 0.29) is 17.3 Å². The molecular weight excluding hydrogens is 316 g/mol. The zero-order valence-corrected chi connectivity index (χ0v) is 12.2. The highest BCUT2D eigenvalue weighted by atomic mass is 16.5. The molecule has 0 aromatic heterocycles. The fourth-order valence-electron chi connectivity index (χ4n) is 2.50. The molecule has 1 aliphatic carbocycles. The number of ketones is 1. The number of carbonyl (C=O) groups excluding carboxylic acids is 3. The molecule has 0 saturated heterocycles. The fraction of sp³-hybridized carbons (Fsp3) is 0.118. The van der Waals surface area contributed by atoms with Crippen LogP contribution in [0, 0.1) is 0 Å². The summed E-state index contributed by atoms with van der Waals surface area (Å²) in [6.45, 7) is -1.22. The molecule has 7 nitrogen and oxygen atoms in total. The Morgan fingerprint density at radius 2 is 1.17 bits per heavy atom. The van der Waals surface area contributed by atoms with E-state index >= 15 is 0 Å². The maximum atomic E-state index is 12.5. The standard InChI is InChI=1S/C17H12O7/c18-15(19)7-23-9-1-3-11-12-4-2-10(24-8-16(20)21)6-14(12)17(22)13(11)5-9/h1-6H,7-8H2,(H,18,19)(H,20,21)/p-2. The number of rotatable bonds is 6. The lowest BCUT2D eigenvalue weighted by Gasteiger charge is -2.08. The molecular formula is C17H10O7-2. The SMILES string of the molecule is O=C([O-])COc1ccc2c(c1)C(=O)c1cc(OCC(=O)[O-])ccc1-2. The predicted molar refractivity (Wildman–Crippen MR) is 76.3 cm³/mol. The van der Waals surface area contributed by atoms with E-state index < -0.39 is 25.2 Å². The van der Waals surface area contributed by atoms with Gasteiger partial charge in [0.15, 0.2) is 5.78 Å². The number of benzene rings is 2. The minimum Gasteiger partial charge on any atom is -0.546 e. The van der Waals surface area contributed by atoms with Crippen LogP contribution in [0.1, 0.15) is 15.9 Å². The lowest BCUT2D eigenvalue weighted by Crippen LogP contribution is -2.28. The van der Waals surface area contributed by atoms with E-state index in [0.29, 0.717) is 22.3 Å². The third-order valence-electron chi connectivity index (χ3n) is 3.47. The Hall–Kier alpha value is -3.35. The summed E-state index contributed by atoms with van der Waals surface area (Å²) in [5.74, 6) is -2.52. The first-order valence-electron chi connectivity index (χ1n) is 6.94. The van der Waals surface area contributed by atoms with E-state index in [1.807, 2.05) is 0 Å². The molecule has 0 fully saturated rings. The summed E-state index contributed by atoms with van der Waals surface area (Å²) in [6, 6.07) is 9.36. The molecule has 0 N–H and O–H groups in total. The van der Waals surface area contributed by atoms with Crippen molar-refractivity contribution in [2.45, 2.75) is 0 Å². The van der Waals surface area contributed by atoms with Crippen molar-refractivity contribution >= 4 is 17.7 Å². The van der Waals surface area contributed by atoms with Crippen molar-refractivity contribution < 1.29 is 34.1 Å².